The van der Waals surface area contributed by atoms with Crippen LogP contribution in [0, 0.1) is 5.41 Å². The number of nitrogens with one attached hydrogen (secondary N) is 3. The molecule has 0 aliphatic carbocycles. The number of aliphatic carboxylic acids is 1. The predicted molar refractivity (Wildman–Crippen MR) is 75.3 cm³/mol. The second-order valence-corrected chi connectivity index (χ2v) is 6.35. The number of hydrogen-bond donors (Lipinski definition) is 4. The highest BCUT2D eigenvalue weighted by Crippen LogP contribution is 2.12. The molecule has 0 rings (SSSR count). The standard InChI is InChI=1S/C13H25N3O4/c1-12(2,3)16-9(17)6-7-14-11(20)15-8-13(4,5)10(18)19/h6-8H2,1-5H3,(H,16,17)(H,18,19)(H2,14,15,20). The number of rotatable bonds is 6. The number of carbonyl (C=O) groups is 3. The molecule has 0 fully saturated rings. The van der Waals surface area contributed by atoms with E-state index in [4.69, 9.17) is 5.11 Å². The highest BCUT2D eigenvalue weighted by Gasteiger charge is 2.27. The molecule has 0 aromatic rings. The molecule has 0 aromatic heterocycles. The summed E-state index contributed by atoms with van der Waals surface area (Å²) in [4.78, 5) is 33.8. The Morgan fingerprint density at radius 2 is 1.55 bits per heavy atom. The summed E-state index contributed by atoms with van der Waals surface area (Å²) >= 11 is 0. The number of carbonyl (C=O) groups excluding carboxylic acids is 2. The first-order valence-corrected chi connectivity index (χ1v) is 6.50. The van der Waals surface area contributed by atoms with E-state index in [-0.39, 0.29) is 31.0 Å². The van der Waals surface area contributed by atoms with Crippen molar-refractivity contribution in [3.8, 4) is 0 Å². The average Bonchev–Trinajstić information content (AvgIpc) is 2.23. The van der Waals surface area contributed by atoms with E-state index < -0.39 is 17.4 Å². The lowest BCUT2D eigenvalue weighted by atomic mass is 9.94. The first kappa shape index (κ1) is 18.2. The number of amides is 3. The zero-order chi connectivity index (χ0) is 16.0. The summed E-state index contributed by atoms with van der Waals surface area (Å²) in [6.45, 7) is 8.87. The molecular formula is C13H25N3O4. The molecule has 7 nitrogen and oxygen atoms in total. The lowest BCUT2D eigenvalue weighted by molar-refractivity contribution is -0.146. The van der Waals surface area contributed by atoms with E-state index in [9.17, 15) is 14.4 Å². The molecule has 0 aliphatic rings. The molecule has 3 amide bonds. The third kappa shape index (κ3) is 8.34. The topological polar surface area (TPSA) is 108 Å². The smallest absolute Gasteiger partial charge is 0.314 e. The Hall–Kier alpha value is -1.79. The molecule has 116 valence electrons. The summed E-state index contributed by atoms with van der Waals surface area (Å²) in [5.74, 6) is -1.13. The van der Waals surface area contributed by atoms with Crippen LogP contribution in [0.15, 0.2) is 0 Å². The van der Waals surface area contributed by atoms with Crippen LogP contribution >= 0.6 is 0 Å². The second-order valence-electron chi connectivity index (χ2n) is 6.35. The molecule has 0 spiro atoms. The quantitative estimate of drug-likeness (QED) is 0.576. The highest BCUT2D eigenvalue weighted by atomic mass is 16.4. The SMILES string of the molecule is CC(C)(C)NC(=O)CCNC(=O)NCC(C)(C)C(=O)O. The summed E-state index contributed by atoms with van der Waals surface area (Å²) in [5.41, 5.74) is -1.33. The van der Waals surface area contributed by atoms with Crippen LogP contribution in [0.2, 0.25) is 0 Å². The molecule has 0 atom stereocenters. The van der Waals surface area contributed by atoms with Crippen LogP contribution in [0.1, 0.15) is 41.0 Å². The van der Waals surface area contributed by atoms with E-state index in [2.05, 4.69) is 16.0 Å². The molecule has 7 heteroatoms. The fraction of sp³-hybridized carbons (Fsp3) is 0.769. The summed E-state index contributed by atoms with van der Waals surface area (Å²) in [5, 5.41) is 16.6. The molecule has 4 N–H and O–H groups in total. The lowest BCUT2D eigenvalue weighted by Crippen LogP contribution is -2.45. The van der Waals surface area contributed by atoms with Crippen molar-refractivity contribution in [3.05, 3.63) is 0 Å². The van der Waals surface area contributed by atoms with Gasteiger partial charge >= 0.3 is 12.0 Å². The molecule has 0 unspecified atom stereocenters. The second kappa shape index (κ2) is 7.12. The van der Waals surface area contributed by atoms with Crippen molar-refractivity contribution in [2.75, 3.05) is 13.1 Å². The van der Waals surface area contributed by atoms with Crippen molar-refractivity contribution in [2.45, 2.75) is 46.6 Å². The monoisotopic (exact) mass is 287 g/mol. The highest BCUT2D eigenvalue weighted by molar-refractivity contribution is 5.79. The van der Waals surface area contributed by atoms with E-state index in [1.165, 1.54) is 13.8 Å². The molecule has 20 heavy (non-hydrogen) atoms. The van der Waals surface area contributed by atoms with E-state index in [1.807, 2.05) is 20.8 Å². The van der Waals surface area contributed by atoms with Crippen molar-refractivity contribution in [1.29, 1.82) is 0 Å². The van der Waals surface area contributed by atoms with Crippen molar-refractivity contribution in [3.63, 3.8) is 0 Å². The van der Waals surface area contributed by atoms with E-state index in [0.29, 0.717) is 0 Å². The van der Waals surface area contributed by atoms with Gasteiger partial charge in [0.15, 0.2) is 0 Å². The van der Waals surface area contributed by atoms with Gasteiger partial charge in [0.1, 0.15) is 0 Å². The van der Waals surface area contributed by atoms with Crippen molar-refractivity contribution in [2.24, 2.45) is 5.41 Å². The first-order valence-electron chi connectivity index (χ1n) is 6.50. The number of carboxylic acids is 1. The molecule has 0 aliphatic heterocycles. The molecule has 0 saturated heterocycles. The lowest BCUT2D eigenvalue weighted by Gasteiger charge is -2.21. The van der Waals surface area contributed by atoms with E-state index >= 15 is 0 Å². The molecule has 0 saturated carbocycles. The van der Waals surface area contributed by atoms with Crippen molar-refractivity contribution >= 4 is 17.9 Å². The zero-order valence-corrected chi connectivity index (χ0v) is 12.8. The van der Waals surface area contributed by atoms with Crippen LogP contribution in [0.5, 0.6) is 0 Å². The molecule has 0 aromatic carbocycles. The number of hydrogen-bond acceptors (Lipinski definition) is 3. The predicted octanol–water partition coefficient (Wildman–Crippen LogP) is 0.701. The normalized spacial score (nSPS) is 11.7. The third-order valence-electron chi connectivity index (χ3n) is 2.42. The summed E-state index contributed by atoms with van der Waals surface area (Å²) < 4.78 is 0. The van der Waals surface area contributed by atoms with Gasteiger partial charge in [0.25, 0.3) is 0 Å². The van der Waals surface area contributed by atoms with Crippen LogP contribution in [-0.4, -0.2) is 41.6 Å². The first-order chi connectivity index (χ1) is 8.94. The maximum atomic E-state index is 11.5. The van der Waals surface area contributed by atoms with E-state index in [0.717, 1.165) is 0 Å². The minimum absolute atomic E-state index is 0.0162. The minimum Gasteiger partial charge on any atom is -0.481 e. The van der Waals surface area contributed by atoms with E-state index in [1.54, 1.807) is 0 Å². The van der Waals surface area contributed by atoms with Gasteiger partial charge in [-0.1, -0.05) is 0 Å². The van der Waals surface area contributed by atoms with Gasteiger partial charge in [-0.2, -0.15) is 0 Å². The number of carboxylic acid groups (broad SMARTS) is 1. The average molecular weight is 287 g/mol. The van der Waals surface area contributed by atoms with Gasteiger partial charge < -0.3 is 21.1 Å². The summed E-state index contributed by atoms with van der Waals surface area (Å²) in [7, 11) is 0. The van der Waals surface area contributed by atoms with Gasteiger partial charge in [0.2, 0.25) is 5.91 Å². The van der Waals surface area contributed by atoms with Gasteiger partial charge in [-0.05, 0) is 34.6 Å². The van der Waals surface area contributed by atoms with Gasteiger partial charge in [0, 0.05) is 25.0 Å². The minimum atomic E-state index is -1.03. The van der Waals surface area contributed by atoms with Crippen molar-refractivity contribution in [1.82, 2.24) is 16.0 Å². The molecular weight excluding hydrogens is 262 g/mol. The van der Waals surface area contributed by atoms with Crippen LogP contribution in [-0.2, 0) is 9.59 Å². The zero-order valence-electron chi connectivity index (χ0n) is 12.8. The van der Waals surface area contributed by atoms with Crippen molar-refractivity contribution < 1.29 is 19.5 Å². The summed E-state index contributed by atoms with van der Waals surface area (Å²) in [6.07, 6.45) is 0.174. The van der Waals surface area contributed by atoms with Crippen LogP contribution in [0.4, 0.5) is 4.79 Å². The molecule has 0 radical (unpaired) electrons. The fourth-order valence-corrected chi connectivity index (χ4v) is 1.21. The Balaban J connectivity index is 3.91. The van der Waals surface area contributed by atoms with Gasteiger partial charge in [-0.3, -0.25) is 9.59 Å². The molecule has 0 bridgehead atoms. The van der Waals surface area contributed by atoms with Gasteiger partial charge in [0.05, 0.1) is 5.41 Å². The van der Waals surface area contributed by atoms with Crippen LogP contribution < -0.4 is 16.0 Å². The maximum absolute atomic E-state index is 11.5. The van der Waals surface area contributed by atoms with Crippen LogP contribution in [0.3, 0.4) is 0 Å². The summed E-state index contributed by atoms with van der Waals surface area (Å²) in [6, 6.07) is -0.483. The van der Waals surface area contributed by atoms with Gasteiger partial charge in [-0.25, -0.2) is 4.79 Å². The fourth-order valence-electron chi connectivity index (χ4n) is 1.21. The Bertz CT molecular complexity index is 372. The third-order valence-corrected chi connectivity index (χ3v) is 2.42. The van der Waals surface area contributed by atoms with Crippen LogP contribution in [0.25, 0.3) is 0 Å². The largest absolute Gasteiger partial charge is 0.481 e. The molecule has 0 heterocycles. The van der Waals surface area contributed by atoms with Gasteiger partial charge in [-0.15, -0.1) is 0 Å². The number of urea groups is 1. The Kier molecular flexibility index (Phi) is 6.48. The maximum Gasteiger partial charge on any atom is 0.314 e. The Morgan fingerprint density at radius 3 is 2.00 bits per heavy atom. The Labute approximate surface area is 119 Å². The Morgan fingerprint density at radius 1 is 1.00 bits per heavy atom.